The first-order valence-corrected chi connectivity index (χ1v) is 9.31. The molecule has 0 aliphatic rings. The Kier molecular flexibility index (Phi) is 5.38. The smallest absolute Gasteiger partial charge is 0.330 e. The summed E-state index contributed by atoms with van der Waals surface area (Å²) in [6.45, 7) is 0.329. The quantitative estimate of drug-likeness (QED) is 0.466. The van der Waals surface area contributed by atoms with Gasteiger partial charge in [-0.15, -0.1) is 0 Å². The molecule has 1 atom stereocenters. The molecule has 2 N–H and O–H groups in total. The van der Waals surface area contributed by atoms with Crippen molar-refractivity contribution in [2.75, 3.05) is 5.32 Å². The Labute approximate surface area is 168 Å². The highest BCUT2D eigenvalue weighted by Gasteiger charge is 2.19. The molecule has 0 aliphatic carbocycles. The van der Waals surface area contributed by atoms with Gasteiger partial charge in [-0.25, -0.2) is 9.78 Å². The van der Waals surface area contributed by atoms with Gasteiger partial charge in [0.1, 0.15) is 12.4 Å². The fourth-order valence-electron chi connectivity index (χ4n) is 3.12. The predicted molar refractivity (Wildman–Crippen MR) is 113 cm³/mol. The monoisotopic (exact) mass is 384 g/mol. The molecule has 0 bridgehead atoms. The third-order valence-electron chi connectivity index (χ3n) is 4.57. The zero-order valence-corrected chi connectivity index (χ0v) is 15.7. The van der Waals surface area contributed by atoms with Gasteiger partial charge < -0.3 is 15.2 Å². The van der Waals surface area contributed by atoms with Gasteiger partial charge in [-0.2, -0.15) is 0 Å². The van der Waals surface area contributed by atoms with E-state index in [1.54, 1.807) is 18.2 Å². The number of fused-ring (bicyclic) bond motifs is 1. The van der Waals surface area contributed by atoms with E-state index in [1.165, 1.54) is 0 Å². The van der Waals surface area contributed by atoms with Crippen LogP contribution in [-0.4, -0.2) is 16.1 Å². The molecule has 29 heavy (non-hydrogen) atoms. The lowest BCUT2D eigenvalue weighted by Gasteiger charge is -2.17. The van der Waals surface area contributed by atoms with Gasteiger partial charge in [-0.1, -0.05) is 60.7 Å². The van der Waals surface area contributed by atoms with Gasteiger partial charge in [0.15, 0.2) is 6.04 Å². The summed E-state index contributed by atoms with van der Waals surface area (Å²) in [7, 11) is 0. The van der Waals surface area contributed by atoms with Gasteiger partial charge in [-0.05, 0) is 29.8 Å². The molecule has 4 rings (SSSR count). The summed E-state index contributed by atoms with van der Waals surface area (Å²) >= 11 is 0. The second-order valence-electron chi connectivity index (χ2n) is 6.64. The number of hydrogen-bond acceptors (Lipinski definition) is 4. The van der Waals surface area contributed by atoms with Crippen LogP contribution in [0.25, 0.3) is 10.9 Å². The van der Waals surface area contributed by atoms with Crippen molar-refractivity contribution in [2.24, 2.45) is 0 Å². The Morgan fingerprint density at radius 1 is 0.931 bits per heavy atom. The van der Waals surface area contributed by atoms with Gasteiger partial charge in [-0.3, -0.25) is 0 Å². The highest BCUT2D eigenvalue weighted by molar-refractivity contribution is 5.79. The molecular weight excluding hydrogens is 364 g/mol. The number of para-hydroxylation sites is 1. The maximum atomic E-state index is 11.7. The molecule has 0 fully saturated rings. The number of hydrogen-bond donors (Lipinski definition) is 2. The molecule has 1 aromatic heterocycles. The number of aromatic nitrogens is 1. The van der Waals surface area contributed by atoms with E-state index in [-0.39, 0.29) is 0 Å². The molecule has 0 saturated heterocycles. The van der Waals surface area contributed by atoms with Crippen molar-refractivity contribution in [3.05, 3.63) is 102 Å². The van der Waals surface area contributed by atoms with Crippen LogP contribution in [0.5, 0.6) is 5.75 Å². The lowest BCUT2D eigenvalue weighted by Crippen LogP contribution is -2.20. The molecule has 0 unspecified atom stereocenters. The van der Waals surface area contributed by atoms with Gasteiger partial charge in [0.05, 0.1) is 11.2 Å². The molecule has 3 aromatic carbocycles. The predicted octanol–water partition coefficient (Wildman–Crippen LogP) is 5.05. The van der Waals surface area contributed by atoms with Crippen molar-refractivity contribution in [1.29, 1.82) is 0 Å². The van der Waals surface area contributed by atoms with Crippen LogP contribution >= 0.6 is 0 Å². The molecular formula is C24H20N2O3. The van der Waals surface area contributed by atoms with Crippen LogP contribution < -0.4 is 10.1 Å². The number of nitrogens with one attached hydrogen (secondary N) is 1. The number of carboxylic acids is 1. The first-order chi connectivity index (χ1) is 14.2. The minimum atomic E-state index is -0.942. The second-order valence-corrected chi connectivity index (χ2v) is 6.64. The normalized spacial score (nSPS) is 11.7. The molecule has 5 heteroatoms. The summed E-state index contributed by atoms with van der Waals surface area (Å²) < 4.78 is 5.88. The van der Waals surface area contributed by atoms with E-state index < -0.39 is 12.0 Å². The van der Waals surface area contributed by atoms with Gasteiger partial charge in [0, 0.05) is 17.1 Å². The lowest BCUT2D eigenvalue weighted by atomic mass is 10.1. The highest BCUT2D eigenvalue weighted by atomic mass is 16.5. The number of nitrogens with zero attached hydrogens (tertiary/aromatic N) is 1. The van der Waals surface area contributed by atoms with E-state index in [4.69, 9.17) is 4.74 Å². The highest BCUT2D eigenvalue weighted by Crippen LogP contribution is 2.24. The summed E-state index contributed by atoms with van der Waals surface area (Å²) in [5.74, 6) is -0.301. The summed E-state index contributed by atoms with van der Waals surface area (Å²) in [5, 5.41) is 13.7. The number of benzene rings is 3. The van der Waals surface area contributed by atoms with Gasteiger partial charge in [0.25, 0.3) is 0 Å². The van der Waals surface area contributed by atoms with Crippen LogP contribution in [0.2, 0.25) is 0 Å². The first-order valence-electron chi connectivity index (χ1n) is 9.31. The van der Waals surface area contributed by atoms with E-state index in [2.05, 4.69) is 10.3 Å². The Bertz CT molecular complexity index is 1130. The van der Waals surface area contributed by atoms with Crippen LogP contribution in [0.1, 0.15) is 17.3 Å². The van der Waals surface area contributed by atoms with Crippen molar-refractivity contribution in [2.45, 2.75) is 12.6 Å². The summed E-state index contributed by atoms with van der Waals surface area (Å²) in [4.78, 5) is 16.3. The minimum Gasteiger partial charge on any atom is -0.487 e. The summed E-state index contributed by atoms with van der Waals surface area (Å²) in [6, 6.07) is 27.4. The van der Waals surface area contributed by atoms with Crippen molar-refractivity contribution >= 4 is 22.6 Å². The van der Waals surface area contributed by atoms with Crippen LogP contribution in [0.15, 0.2) is 91.0 Å². The van der Waals surface area contributed by atoms with Crippen LogP contribution in [0.3, 0.4) is 0 Å². The van der Waals surface area contributed by atoms with E-state index in [0.29, 0.717) is 23.6 Å². The standard InChI is InChI=1S/C24H20N2O3/c27-24(28)23(18-8-2-1-3-9-18)26-19-10-6-11-21(15-19)29-16-20-14-13-17-7-4-5-12-22(17)25-20/h1-15,23,26H,16H2,(H,27,28)/t23-/m0/s1. The number of carboxylic acid groups (broad SMARTS) is 1. The van der Waals surface area contributed by atoms with E-state index >= 15 is 0 Å². The van der Waals surface area contributed by atoms with Crippen LogP contribution in [0.4, 0.5) is 5.69 Å². The number of carbonyl (C=O) groups is 1. The Hall–Kier alpha value is -3.86. The third kappa shape index (κ3) is 4.52. The minimum absolute atomic E-state index is 0.329. The van der Waals surface area contributed by atoms with Gasteiger partial charge in [0.2, 0.25) is 0 Å². The Morgan fingerprint density at radius 2 is 1.72 bits per heavy atom. The largest absolute Gasteiger partial charge is 0.487 e. The molecule has 0 spiro atoms. The maximum Gasteiger partial charge on any atom is 0.330 e. The molecule has 0 saturated carbocycles. The molecule has 144 valence electrons. The number of ether oxygens (including phenoxy) is 1. The van der Waals surface area contributed by atoms with Crippen molar-refractivity contribution in [3.8, 4) is 5.75 Å². The number of rotatable bonds is 7. The zero-order valence-electron chi connectivity index (χ0n) is 15.7. The number of anilines is 1. The Balaban J connectivity index is 1.47. The molecule has 0 radical (unpaired) electrons. The molecule has 0 aliphatic heterocycles. The zero-order chi connectivity index (χ0) is 20.1. The van der Waals surface area contributed by atoms with Crippen molar-refractivity contribution < 1.29 is 14.6 Å². The van der Waals surface area contributed by atoms with Crippen molar-refractivity contribution in [1.82, 2.24) is 4.98 Å². The summed E-state index contributed by atoms with van der Waals surface area (Å²) in [6.07, 6.45) is 0. The average molecular weight is 384 g/mol. The van der Waals surface area contributed by atoms with E-state index in [1.807, 2.05) is 72.8 Å². The van der Waals surface area contributed by atoms with Crippen LogP contribution in [0, 0.1) is 0 Å². The molecule has 0 amide bonds. The Morgan fingerprint density at radius 3 is 2.55 bits per heavy atom. The van der Waals surface area contributed by atoms with Gasteiger partial charge >= 0.3 is 5.97 Å². The molecule has 1 heterocycles. The number of pyridine rings is 1. The lowest BCUT2D eigenvalue weighted by molar-refractivity contribution is -0.138. The third-order valence-corrected chi connectivity index (χ3v) is 4.57. The number of aliphatic carboxylic acids is 1. The maximum absolute atomic E-state index is 11.7. The topological polar surface area (TPSA) is 71.5 Å². The fourth-order valence-corrected chi connectivity index (χ4v) is 3.12. The summed E-state index contributed by atoms with van der Waals surface area (Å²) in [5.41, 5.74) is 3.11. The van der Waals surface area contributed by atoms with E-state index in [0.717, 1.165) is 16.6 Å². The average Bonchev–Trinajstić information content (AvgIpc) is 2.76. The van der Waals surface area contributed by atoms with E-state index in [9.17, 15) is 9.90 Å². The second kappa shape index (κ2) is 8.44. The first kappa shape index (κ1) is 18.5. The molecule has 4 aromatic rings. The molecule has 5 nitrogen and oxygen atoms in total. The fraction of sp³-hybridized carbons (Fsp3) is 0.0833. The van der Waals surface area contributed by atoms with Crippen molar-refractivity contribution in [3.63, 3.8) is 0 Å². The van der Waals surface area contributed by atoms with Crippen LogP contribution in [-0.2, 0) is 11.4 Å². The SMILES string of the molecule is O=C(O)[C@@H](Nc1cccc(OCc2ccc3ccccc3n2)c1)c1ccccc1.